The molecule has 1 aliphatic heterocycles. The predicted molar refractivity (Wildman–Crippen MR) is 124 cm³/mol. The maximum atomic E-state index is 12.9. The van der Waals surface area contributed by atoms with Gasteiger partial charge in [0, 0.05) is 17.6 Å². The fraction of sp³-hybridized carbons (Fsp3) is 0.360. The molecule has 0 spiro atoms. The standard InChI is InChI=1S/C25H27ClN2O3/c1-16-12-17(2)24-21(29)14-23(31-22(24)13-16)25(30)27-15-20(28-10-4-3-5-11-28)18-6-8-19(26)9-7-18/h6-9,12-14,20H,3-5,10-11,15H2,1-2H3,(H,27,30)/t20-/m1/s1. The number of aryl methyl sites for hydroxylation is 2. The third kappa shape index (κ3) is 4.83. The fourth-order valence-electron chi connectivity index (χ4n) is 4.43. The van der Waals surface area contributed by atoms with Gasteiger partial charge in [0.1, 0.15) is 5.58 Å². The summed E-state index contributed by atoms with van der Waals surface area (Å²) in [5.41, 5.74) is 3.19. The average molecular weight is 439 g/mol. The molecule has 2 aromatic carbocycles. The van der Waals surface area contributed by atoms with Crippen LogP contribution in [0.2, 0.25) is 5.02 Å². The van der Waals surface area contributed by atoms with Crippen LogP contribution in [0.1, 0.15) is 52.5 Å². The highest BCUT2D eigenvalue weighted by atomic mass is 35.5. The topological polar surface area (TPSA) is 62.6 Å². The zero-order valence-electron chi connectivity index (χ0n) is 17.9. The van der Waals surface area contributed by atoms with Crippen molar-refractivity contribution in [3.63, 3.8) is 0 Å². The maximum absolute atomic E-state index is 12.9. The van der Waals surface area contributed by atoms with Crippen LogP contribution in [0.25, 0.3) is 11.0 Å². The second kappa shape index (κ2) is 9.25. The van der Waals surface area contributed by atoms with E-state index in [4.69, 9.17) is 16.0 Å². The predicted octanol–water partition coefficient (Wildman–Crippen LogP) is 5.02. The van der Waals surface area contributed by atoms with Crippen molar-refractivity contribution in [2.24, 2.45) is 0 Å². The van der Waals surface area contributed by atoms with Crippen molar-refractivity contribution in [1.29, 1.82) is 0 Å². The first-order valence-electron chi connectivity index (χ1n) is 10.8. The van der Waals surface area contributed by atoms with Gasteiger partial charge in [-0.1, -0.05) is 36.2 Å². The molecule has 5 nitrogen and oxygen atoms in total. The number of halogens is 1. The minimum atomic E-state index is -0.380. The molecule has 3 aromatic rings. The number of carbonyl (C=O) groups is 1. The Hall–Kier alpha value is -2.63. The lowest BCUT2D eigenvalue weighted by molar-refractivity contribution is 0.0897. The van der Waals surface area contributed by atoms with Gasteiger partial charge in [0.2, 0.25) is 0 Å². The Balaban J connectivity index is 1.57. The fourth-order valence-corrected chi connectivity index (χ4v) is 4.55. The first-order valence-corrected chi connectivity index (χ1v) is 11.1. The number of carbonyl (C=O) groups excluding carboxylic acids is 1. The van der Waals surface area contributed by atoms with Gasteiger partial charge in [-0.3, -0.25) is 14.5 Å². The minimum absolute atomic E-state index is 0.0380. The smallest absolute Gasteiger partial charge is 0.287 e. The highest BCUT2D eigenvalue weighted by Gasteiger charge is 2.24. The van der Waals surface area contributed by atoms with Gasteiger partial charge in [-0.2, -0.15) is 0 Å². The van der Waals surface area contributed by atoms with Crippen molar-refractivity contribution in [3.8, 4) is 0 Å². The SMILES string of the molecule is Cc1cc(C)c2c(=O)cc(C(=O)NC[C@H](c3ccc(Cl)cc3)N3CCCCC3)oc2c1. The lowest BCUT2D eigenvalue weighted by atomic mass is 10.0. The summed E-state index contributed by atoms with van der Waals surface area (Å²) in [6.07, 6.45) is 3.53. The number of piperidine rings is 1. The summed E-state index contributed by atoms with van der Waals surface area (Å²) >= 11 is 6.07. The molecule has 6 heteroatoms. The van der Waals surface area contributed by atoms with Crippen LogP contribution in [-0.4, -0.2) is 30.4 Å². The molecule has 31 heavy (non-hydrogen) atoms. The van der Waals surface area contributed by atoms with Crippen LogP contribution in [0.3, 0.4) is 0 Å². The van der Waals surface area contributed by atoms with E-state index < -0.39 is 0 Å². The van der Waals surface area contributed by atoms with Gasteiger partial charge in [0.25, 0.3) is 5.91 Å². The van der Waals surface area contributed by atoms with E-state index in [0.717, 1.165) is 42.6 Å². The Morgan fingerprint density at radius 2 is 1.81 bits per heavy atom. The van der Waals surface area contributed by atoms with Gasteiger partial charge in [0.05, 0.1) is 11.4 Å². The number of fused-ring (bicyclic) bond motifs is 1. The van der Waals surface area contributed by atoms with Crippen molar-refractivity contribution < 1.29 is 9.21 Å². The van der Waals surface area contributed by atoms with Crippen molar-refractivity contribution in [1.82, 2.24) is 10.2 Å². The van der Waals surface area contributed by atoms with Crippen molar-refractivity contribution in [2.75, 3.05) is 19.6 Å². The Labute approximate surface area is 187 Å². The third-order valence-electron chi connectivity index (χ3n) is 5.94. The molecule has 162 valence electrons. The lowest BCUT2D eigenvalue weighted by Gasteiger charge is -2.35. The van der Waals surface area contributed by atoms with E-state index in [-0.39, 0.29) is 23.1 Å². The quantitative estimate of drug-likeness (QED) is 0.607. The molecule has 1 fully saturated rings. The highest BCUT2D eigenvalue weighted by molar-refractivity contribution is 6.30. The second-order valence-corrected chi connectivity index (χ2v) is 8.74. The molecule has 1 saturated heterocycles. The molecule has 2 heterocycles. The summed E-state index contributed by atoms with van der Waals surface area (Å²) in [5.74, 6) is -0.342. The number of amides is 1. The number of likely N-dealkylation sites (tertiary alicyclic amines) is 1. The zero-order valence-corrected chi connectivity index (χ0v) is 18.7. The van der Waals surface area contributed by atoms with Gasteiger partial charge < -0.3 is 9.73 Å². The number of nitrogens with one attached hydrogen (secondary N) is 1. The van der Waals surface area contributed by atoms with Gasteiger partial charge in [-0.25, -0.2) is 0 Å². The largest absolute Gasteiger partial charge is 0.451 e. The number of nitrogens with zero attached hydrogens (tertiary/aromatic N) is 1. The van der Waals surface area contributed by atoms with Crippen LogP contribution in [-0.2, 0) is 0 Å². The van der Waals surface area contributed by atoms with E-state index in [1.54, 1.807) is 6.07 Å². The Morgan fingerprint density at radius 1 is 1.10 bits per heavy atom. The van der Waals surface area contributed by atoms with E-state index >= 15 is 0 Å². The summed E-state index contributed by atoms with van der Waals surface area (Å²) < 4.78 is 5.82. The van der Waals surface area contributed by atoms with E-state index in [0.29, 0.717) is 22.5 Å². The summed E-state index contributed by atoms with van der Waals surface area (Å²) in [7, 11) is 0. The molecule has 1 amide bonds. The van der Waals surface area contributed by atoms with Crippen LogP contribution in [0.15, 0.2) is 51.7 Å². The Morgan fingerprint density at radius 3 is 2.52 bits per heavy atom. The number of hydrogen-bond donors (Lipinski definition) is 1. The van der Waals surface area contributed by atoms with E-state index in [1.165, 1.54) is 12.5 Å². The van der Waals surface area contributed by atoms with Crippen LogP contribution in [0.4, 0.5) is 0 Å². The molecule has 0 unspecified atom stereocenters. The first kappa shape index (κ1) is 21.6. The van der Waals surface area contributed by atoms with Crippen molar-refractivity contribution >= 4 is 28.5 Å². The molecule has 0 saturated carbocycles. The van der Waals surface area contributed by atoms with Gasteiger partial charge >= 0.3 is 0 Å². The summed E-state index contributed by atoms with van der Waals surface area (Å²) in [6.45, 7) is 6.23. The monoisotopic (exact) mass is 438 g/mol. The number of rotatable bonds is 5. The Kier molecular flexibility index (Phi) is 6.44. The molecule has 0 radical (unpaired) electrons. The van der Waals surface area contributed by atoms with Crippen molar-refractivity contribution in [3.05, 3.63) is 80.2 Å². The molecule has 4 rings (SSSR count). The normalized spacial score (nSPS) is 15.7. The van der Waals surface area contributed by atoms with Crippen LogP contribution < -0.4 is 10.7 Å². The van der Waals surface area contributed by atoms with E-state index in [9.17, 15) is 9.59 Å². The number of hydrogen-bond acceptors (Lipinski definition) is 4. The summed E-state index contributed by atoms with van der Waals surface area (Å²) in [5, 5.41) is 4.20. The first-order chi connectivity index (χ1) is 14.9. The maximum Gasteiger partial charge on any atom is 0.287 e. The van der Waals surface area contributed by atoms with Gasteiger partial charge in [0.15, 0.2) is 11.2 Å². The highest BCUT2D eigenvalue weighted by Crippen LogP contribution is 2.26. The average Bonchev–Trinajstić information content (AvgIpc) is 2.75. The van der Waals surface area contributed by atoms with E-state index in [2.05, 4.69) is 10.2 Å². The molecule has 1 N–H and O–H groups in total. The van der Waals surface area contributed by atoms with Crippen LogP contribution >= 0.6 is 11.6 Å². The molecule has 0 aliphatic carbocycles. The van der Waals surface area contributed by atoms with Crippen LogP contribution in [0.5, 0.6) is 0 Å². The second-order valence-electron chi connectivity index (χ2n) is 8.30. The zero-order chi connectivity index (χ0) is 22.0. The van der Waals surface area contributed by atoms with Crippen molar-refractivity contribution in [2.45, 2.75) is 39.2 Å². The van der Waals surface area contributed by atoms with Gasteiger partial charge in [-0.15, -0.1) is 0 Å². The molecule has 0 bridgehead atoms. The summed E-state index contributed by atoms with van der Waals surface area (Å²) in [4.78, 5) is 27.9. The number of benzene rings is 2. The van der Waals surface area contributed by atoms with Crippen LogP contribution in [0, 0.1) is 13.8 Å². The van der Waals surface area contributed by atoms with E-state index in [1.807, 2.05) is 44.2 Å². The molecule has 1 atom stereocenters. The molecular formula is C25H27ClN2O3. The molecule has 1 aliphatic rings. The summed E-state index contributed by atoms with van der Waals surface area (Å²) in [6, 6.07) is 12.8. The Bertz CT molecular complexity index is 1150. The lowest BCUT2D eigenvalue weighted by Crippen LogP contribution is -2.40. The molecular weight excluding hydrogens is 412 g/mol. The third-order valence-corrected chi connectivity index (χ3v) is 6.19. The van der Waals surface area contributed by atoms with Gasteiger partial charge in [-0.05, 0) is 74.7 Å². The minimum Gasteiger partial charge on any atom is -0.451 e. The molecule has 1 aromatic heterocycles.